The molecule has 2 atom stereocenters. The van der Waals surface area contributed by atoms with Gasteiger partial charge in [0.2, 0.25) is 15.9 Å². The fourth-order valence-corrected chi connectivity index (χ4v) is 5.84. The van der Waals surface area contributed by atoms with Gasteiger partial charge in [0.25, 0.3) is 0 Å². The van der Waals surface area contributed by atoms with Gasteiger partial charge in [0.15, 0.2) is 0 Å². The molecule has 0 aliphatic rings. The van der Waals surface area contributed by atoms with Crippen molar-refractivity contribution >= 4 is 15.9 Å². The van der Waals surface area contributed by atoms with Gasteiger partial charge in [-0.25, -0.2) is 12.7 Å². The van der Waals surface area contributed by atoms with Crippen LogP contribution in [0.4, 0.5) is 13.2 Å². The van der Waals surface area contributed by atoms with Crippen LogP contribution in [0.3, 0.4) is 0 Å². The molecule has 2 rings (SSSR count). The molecule has 0 saturated heterocycles. The summed E-state index contributed by atoms with van der Waals surface area (Å²) in [5.41, 5.74) is 1.27. The summed E-state index contributed by atoms with van der Waals surface area (Å²) in [6.07, 6.45) is -5.09. The fourth-order valence-electron chi connectivity index (χ4n) is 4.21. The molecule has 0 fully saturated rings. The lowest BCUT2D eigenvalue weighted by Crippen LogP contribution is -2.49. The summed E-state index contributed by atoms with van der Waals surface area (Å²) in [5.74, 6) is -0.753. The molecular formula is C28H40F3N3O6S. The zero-order valence-corrected chi connectivity index (χ0v) is 24.4. The van der Waals surface area contributed by atoms with E-state index in [2.05, 4.69) is 15.4 Å². The molecule has 0 aromatic heterocycles. The predicted molar refractivity (Wildman–Crippen MR) is 150 cm³/mol. The lowest BCUT2D eigenvalue weighted by Gasteiger charge is -2.26. The molecule has 41 heavy (non-hydrogen) atoms. The van der Waals surface area contributed by atoms with Crippen LogP contribution in [0.5, 0.6) is 11.5 Å². The number of rotatable bonds is 18. The van der Waals surface area contributed by atoms with Gasteiger partial charge in [-0.05, 0) is 54.7 Å². The van der Waals surface area contributed by atoms with Crippen LogP contribution < -0.4 is 20.1 Å². The predicted octanol–water partition coefficient (Wildman–Crippen LogP) is 3.61. The summed E-state index contributed by atoms with van der Waals surface area (Å²) in [4.78, 5) is 12.8. The van der Waals surface area contributed by atoms with E-state index >= 15 is 0 Å². The number of carbonyl (C=O) groups excluding carboxylic acids is 1. The molecule has 0 saturated carbocycles. The standard InChI is InChI=1S/C28H40F3N3O6S/c1-4-13-34(14-5-2)41(37,38)15-12-27(36)33-25(18-21-8-6-11-24(16-21)40-28(29,30)31)26(35)20-32-19-22-9-7-10-23(17-22)39-3/h6-11,16-17,25-26,32,35H,4-5,12-15,18-20H2,1-3H3,(H,33,36)/t25-,26-/m0/s1. The second-order valence-corrected chi connectivity index (χ2v) is 11.7. The van der Waals surface area contributed by atoms with Crippen LogP contribution >= 0.6 is 0 Å². The molecule has 9 nitrogen and oxygen atoms in total. The van der Waals surface area contributed by atoms with Crippen LogP contribution in [-0.2, 0) is 27.8 Å². The van der Waals surface area contributed by atoms with Crippen molar-refractivity contribution in [3.63, 3.8) is 0 Å². The minimum absolute atomic E-state index is 0.0205. The number of halogens is 3. The largest absolute Gasteiger partial charge is 0.573 e. The topological polar surface area (TPSA) is 117 Å². The molecule has 230 valence electrons. The van der Waals surface area contributed by atoms with Gasteiger partial charge in [0, 0.05) is 32.6 Å². The number of nitrogens with zero attached hydrogens (tertiary/aromatic N) is 1. The second kappa shape index (κ2) is 16.5. The molecule has 1 amide bonds. The van der Waals surface area contributed by atoms with Crippen LogP contribution in [0, 0.1) is 0 Å². The van der Waals surface area contributed by atoms with E-state index in [1.54, 1.807) is 19.2 Å². The first-order valence-electron chi connectivity index (χ1n) is 13.5. The van der Waals surface area contributed by atoms with Gasteiger partial charge < -0.3 is 25.2 Å². The van der Waals surface area contributed by atoms with E-state index < -0.39 is 45.9 Å². The Hall–Kier alpha value is -2.87. The van der Waals surface area contributed by atoms with E-state index in [9.17, 15) is 31.5 Å². The summed E-state index contributed by atoms with van der Waals surface area (Å²) in [6.45, 7) is 4.87. The first-order valence-corrected chi connectivity index (χ1v) is 15.1. The minimum Gasteiger partial charge on any atom is -0.497 e. The molecule has 0 unspecified atom stereocenters. The van der Waals surface area contributed by atoms with Crippen molar-refractivity contribution in [2.75, 3.05) is 32.5 Å². The third-order valence-electron chi connectivity index (χ3n) is 6.14. The van der Waals surface area contributed by atoms with Crippen LogP contribution in [-0.4, -0.2) is 74.7 Å². The minimum atomic E-state index is -4.87. The number of ether oxygens (including phenoxy) is 2. The van der Waals surface area contributed by atoms with Crippen LogP contribution in [0.15, 0.2) is 48.5 Å². The van der Waals surface area contributed by atoms with Crippen molar-refractivity contribution in [3.05, 3.63) is 59.7 Å². The van der Waals surface area contributed by atoms with Gasteiger partial charge in [-0.3, -0.25) is 4.79 Å². The van der Waals surface area contributed by atoms with Crippen LogP contribution in [0.25, 0.3) is 0 Å². The zero-order chi connectivity index (χ0) is 30.5. The zero-order valence-electron chi connectivity index (χ0n) is 23.6. The molecule has 0 bridgehead atoms. The van der Waals surface area contributed by atoms with Crippen LogP contribution in [0.2, 0.25) is 0 Å². The maximum atomic E-state index is 12.8. The molecule has 0 spiro atoms. The number of benzene rings is 2. The number of sulfonamides is 1. The Morgan fingerprint density at radius 1 is 1.02 bits per heavy atom. The van der Waals surface area contributed by atoms with Crippen LogP contribution in [0.1, 0.15) is 44.2 Å². The van der Waals surface area contributed by atoms with E-state index in [-0.39, 0.29) is 19.4 Å². The Bertz CT molecular complexity index is 1190. The number of nitrogens with one attached hydrogen (secondary N) is 2. The van der Waals surface area contributed by atoms with E-state index in [1.165, 1.54) is 16.4 Å². The van der Waals surface area contributed by atoms with E-state index in [1.807, 2.05) is 32.0 Å². The number of alkyl halides is 3. The summed E-state index contributed by atoms with van der Waals surface area (Å²) >= 11 is 0. The Balaban J connectivity index is 2.12. The monoisotopic (exact) mass is 603 g/mol. The van der Waals surface area contributed by atoms with Crippen molar-refractivity contribution in [1.29, 1.82) is 0 Å². The summed E-state index contributed by atoms with van der Waals surface area (Å²) in [7, 11) is -2.12. The van der Waals surface area contributed by atoms with E-state index in [0.29, 0.717) is 43.8 Å². The van der Waals surface area contributed by atoms with E-state index in [4.69, 9.17) is 4.74 Å². The van der Waals surface area contributed by atoms with Gasteiger partial charge in [-0.15, -0.1) is 13.2 Å². The van der Waals surface area contributed by atoms with Crippen molar-refractivity contribution in [2.45, 2.75) is 64.6 Å². The number of amides is 1. The maximum absolute atomic E-state index is 12.8. The summed E-state index contributed by atoms with van der Waals surface area (Å²) in [5, 5.41) is 16.8. The molecule has 0 heterocycles. The number of methoxy groups -OCH3 is 1. The average molecular weight is 604 g/mol. The van der Waals surface area contributed by atoms with E-state index in [0.717, 1.165) is 11.6 Å². The SMILES string of the molecule is CCCN(CCC)S(=O)(=O)CCC(=O)N[C@@H](Cc1cccc(OC(F)(F)F)c1)[C@@H](O)CNCc1cccc(OC)c1. The van der Waals surface area contributed by atoms with Gasteiger partial charge in [-0.2, -0.15) is 0 Å². The van der Waals surface area contributed by atoms with Crippen molar-refractivity contribution in [1.82, 2.24) is 14.9 Å². The number of aliphatic hydroxyl groups is 1. The summed E-state index contributed by atoms with van der Waals surface area (Å²) in [6, 6.07) is 11.7. The Labute approximate surface area is 240 Å². The number of hydrogen-bond acceptors (Lipinski definition) is 7. The van der Waals surface area contributed by atoms with Gasteiger partial charge in [0.1, 0.15) is 11.5 Å². The molecular weight excluding hydrogens is 563 g/mol. The fraction of sp³-hybridized carbons (Fsp3) is 0.536. The molecule has 0 radical (unpaired) electrons. The molecule has 3 N–H and O–H groups in total. The average Bonchev–Trinajstić information content (AvgIpc) is 2.91. The molecule has 2 aromatic carbocycles. The van der Waals surface area contributed by atoms with Crippen molar-refractivity contribution in [3.8, 4) is 11.5 Å². The first kappa shape index (κ1) is 34.3. The lowest BCUT2D eigenvalue weighted by atomic mass is 10.0. The number of carbonyl (C=O) groups is 1. The van der Waals surface area contributed by atoms with Crippen molar-refractivity contribution < 1.29 is 41.0 Å². The Morgan fingerprint density at radius 3 is 2.24 bits per heavy atom. The first-order chi connectivity index (χ1) is 19.4. The van der Waals surface area contributed by atoms with Gasteiger partial charge in [-0.1, -0.05) is 38.1 Å². The third-order valence-corrected chi connectivity index (χ3v) is 8.01. The molecule has 13 heteroatoms. The number of hydrogen-bond donors (Lipinski definition) is 3. The molecule has 2 aromatic rings. The highest BCUT2D eigenvalue weighted by Crippen LogP contribution is 2.24. The van der Waals surface area contributed by atoms with Gasteiger partial charge >= 0.3 is 6.36 Å². The second-order valence-electron chi connectivity index (χ2n) is 9.59. The summed E-state index contributed by atoms with van der Waals surface area (Å²) < 4.78 is 74.2. The third kappa shape index (κ3) is 12.7. The van der Waals surface area contributed by atoms with Gasteiger partial charge in [0.05, 0.1) is 25.0 Å². The highest BCUT2D eigenvalue weighted by atomic mass is 32.2. The Kier molecular flexibility index (Phi) is 13.9. The number of aliphatic hydroxyl groups excluding tert-OH is 1. The molecule has 0 aliphatic carbocycles. The maximum Gasteiger partial charge on any atom is 0.573 e. The molecule has 0 aliphatic heterocycles. The lowest BCUT2D eigenvalue weighted by molar-refractivity contribution is -0.274. The highest BCUT2D eigenvalue weighted by Gasteiger charge is 2.31. The Morgan fingerprint density at radius 2 is 1.63 bits per heavy atom. The normalized spacial score (nSPS) is 13.6. The van der Waals surface area contributed by atoms with Crippen molar-refractivity contribution in [2.24, 2.45) is 0 Å². The smallest absolute Gasteiger partial charge is 0.497 e. The highest BCUT2D eigenvalue weighted by molar-refractivity contribution is 7.89. The quantitative estimate of drug-likeness (QED) is 0.238.